The lowest BCUT2D eigenvalue weighted by Crippen LogP contribution is -2.17. The van der Waals surface area contributed by atoms with E-state index >= 15 is 0 Å². The molecule has 4 rings (SSSR count). The first-order chi connectivity index (χ1) is 14.1. The number of halogens is 1. The van der Waals surface area contributed by atoms with Crippen molar-refractivity contribution in [2.45, 2.75) is 45.9 Å². The second-order valence-electron chi connectivity index (χ2n) is 7.18. The number of nitrogens with one attached hydrogen (secondary N) is 1. The van der Waals surface area contributed by atoms with E-state index in [0.29, 0.717) is 61.1 Å². The van der Waals surface area contributed by atoms with Crippen molar-refractivity contribution < 1.29 is 18.7 Å². The molecule has 2 aromatic rings. The van der Waals surface area contributed by atoms with Crippen LogP contribution in [-0.4, -0.2) is 29.0 Å². The summed E-state index contributed by atoms with van der Waals surface area (Å²) < 4.78 is 25.4. The molecule has 0 spiro atoms. The molecule has 1 aliphatic carbocycles. The summed E-state index contributed by atoms with van der Waals surface area (Å²) in [5, 5.41) is 3.36. The number of allylic oxidation sites excluding steroid dienone is 1. The number of carbonyl (C=O) groups excluding carboxylic acids is 1. The Kier molecular flexibility index (Phi) is 5.69. The van der Waals surface area contributed by atoms with E-state index in [9.17, 15) is 9.18 Å². The Balaban J connectivity index is 1.65. The minimum absolute atomic E-state index is 0.0933. The van der Waals surface area contributed by atoms with Crippen molar-refractivity contribution in [1.29, 1.82) is 0 Å². The number of aromatic nitrogens is 2. The maximum absolute atomic E-state index is 13.9. The van der Waals surface area contributed by atoms with Gasteiger partial charge in [-0.2, -0.15) is 0 Å². The Labute approximate surface area is 169 Å². The molecule has 2 heterocycles. The van der Waals surface area contributed by atoms with E-state index in [0.717, 1.165) is 11.1 Å². The van der Waals surface area contributed by atoms with Crippen LogP contribution in [0.15, 0.2) is 24.3 Å². The van der Waals surface area contributed by atoms with Gasteiger partial charge in [0.15, 0.2) is 6.29 Å². The Morgan fingerprint density at radius 3 is 2.83 bits per heavy atom. The van der Waals surface area contributed by atoms with Crippen molar-refractivity contribution in [2.75, 3.05) is 18.5 Å². The number of Topliss-reactive ketones (excluding diaryl/α,β-unsaturated/α-hetero) is 1. The second kappa shape index (κ2) is 8.39. The third kappa shape index (κ3) is 4.06. The van der Waals surface area contributed by atoms with Crippen LogP contribution in [0.3, 0.4) is 0 Å². The second-order valence-corrected chi connectivity index (χ2v) is 7.18. The number of ketones is 1. The van der Waals surface area contributed by atoms with Gasteiger partial charge in [-0.05, 0) is 30.5 Å². The lowest BCUT2D eigenvalue weighted by Gasteiger charge is -2.19. The molecule has 1 saturated heterocycles. The van der Waals surface area contributed by atoms with Gasteiger partial charge in [-0.3, -0.25) is 4.79 Å². The number of benzene rings is 1. The highest BCUT2D eigenvalue weighted by Crippen LogP contribution is 2.34. The number of hydrogen-bond donors (Lipinski definition) is 1. The SMILES string of the molecule is CCC(=O)Cc1nc(C)nc(NCc2cccc3c2CC=C3F)c1C1OCCO1. The Morgan fingerprint density at radius 2 is 2.07 bits per heavy atom. The fraction of sp³-hybridized carbons (Fsp3) is 0.409. The molecule has 0 radical (unpaired) electrons. The van der Waals surface area contributed by atoms with Crippen molar-refractivity contribution >= 4 is 17.4 Å². The number of carbonyl (C=O) groups is 1. The molecule has 152 valence electrons. The monoisotopic (exact) mass is 397 g/mol. The third-order valence-corrected chi connectivity index (χ3v) is 5.21. The summed E-state index contributed by atoms with van der Waals surface area (Å²) >= 11 is 0. The molecule has 1 aromatic heterocycles. The number of rotatable bonds is 7. The molecule has 0 saturated carbocycles. The van der Waals surface area contributed by atoms with Gasteiger partial charge in [0.05, 0.1) is 24.5 Å². The minimum atomic E-state index is -0.599. The Hall–Kier alpha value is -2.64. The van der Waals surface area contributed by atoms with Crippen LogP contribution < -0.4 is 5.32 Å². The Morgan fingerprint density at radius 1 is 1.28 bits per heavy atom. The van der Waals surface area contributed by atoms with Gasteiger partial charge in [-0.25, -0.2) is 14.4 Å². The first-order valence-electron chi connectivity index (χ1n) is 9.89. The first kappa shape index (κ1) is 19.7. The fourth-order valence-electron chi connectivity index (χ4n) is 3.74. The molecule has 29 heavy (non-hydrogen) atoms. The maximum Gasteiger partial charge on any atom is 0.189 e. The molecule has 1 fully saturated rings. The number of aryl methyl sites for hydroxylation is 1. The van der Waals surface area contributed by atoms with Crippen LogP contribution in [0.5, 0.6) is 0 Å². The molecular weight excluding hydrogens is 373 g/mol. The molecule has 0 amide bonds. The topological polar surface area (TPSA) is 73.3 Å². The largest absolute Gasteiger partial charge is 0.365 e. The van der Waals surface area contributed by atoms with E-state index in [1.54, 1.807) is 19.1 Å². The van der Waals surface area contributed by atoms with Crippen LogP contribution >= 0.6 is 0 Å². The average Bonchev–Trinajstić information content (AvgIpc) is 3.36. The predicted molar refractivity (Wildman–Crippen MR) is 107 cm³/mol. The van der Waals surface area contributed by atoms with Crippen LogP contribution in [0.25, 0.3) is 5.83 Å². The molecule has 0 unspecified atom stereocenters. The zero-order valence-corrected chi connectivity index (χ0v) is 16.6. The number of anilines is 1. The van der Waals surface area contributed by atoms with Gasteiger partial charge in [0.1, 0.15) is 23.3 Å². The van der Waals surface area contributed by atoms with Gasteiger partial charge in [0.2, 0.25) is 0 Å². The quantitative estimate of drug-likeness (QED) is 0.766. The lowest BCUT2D eigenvalue weighted by molar-refractivity contribution is -0.118. The van der Waals surface area contributed by atoms with Crippen molar-refractivity contribution in [2.24, 2.45) is 0 Å². The predicted octanol–water partition coefficient (Wildman–Crippen LogP) is 3.83. The summed E-state index contributed by atoms with van der Waals surface area (Å²) in [6.07, 6.45) is 2.23. The van der Waals surface area contributed by atoms with E-state index in [-0.39, 0.29) is 18.0 Å². The first-order valence-corrected chi connectivity index (χ1v) is 9.89. The smallest absolute Gasteiger partial charge is 0.189 e. The lowest BCUT2D eigenvalue weighted by atomic mass is 10.0. The highest BCUT2D eigenvalue weighted by atomic mass is 19.1. The summed E-state index contributed by atoms with van der Waals surface area (Å²) in [5.41, 5.74) is 3.95. The summed E-state index contributed by atoms with van der Waals surface area (Å²) in [5.74, 6) is 1.08. The molecule has 0 bridgehead atoms. The fourth-order valence-corrected chi connectivity index (χ4v) is 3.74. The number of nitrogens with zero attached hydrogens (tertiary/aromatic N) is 2. The van der Waals surface area contributed by atoms with E-state index in [1.165, 1.54) is 0 Å². The summed E-state index contributed by atoms with van der Waals surface area (Å²) in [4.78, 5) is 21.2. The zero-order chi connectivity index (χ0) is 20.4. The third-order valence-electron chi connectivity index (χ3n) is 5.21. The Bertz CT molecular complexity index is 968. The van der Waals surface area contributed by atoms with E-state index < -0.39 is 6.29 Å². The minimum Gasteiger partial charge on any atom is -0.365 e. The van der Waals surface area contributed by atoms with Crippen molar-refractivity contribution in [3.8, 4) is 0 Å². The normalized spacial score (nSPS) is 16.0. The molecule has 2 aliphatic rings. The van der Waals surface area contributed by atoms with Crippen LogP contribution in [-0.2, 0) is 33.7 Å². The summed E-state index contributed by atoms with van der Waals surface area (Å²) in [6.45, 7) is 5.07. The summed E-state index contributed by atoms with van der Waals surface area (Å²) in [7, 11) is 0. The van der Waals surface area contributed by atoms with Crippen LogP contribution in [0.4, 0.5) is 10.2 Å². The highest BCUT2D eigenvalue weighted by molar-refractivity contribution is 5.80. The van der Waals surface area contributed by atoms with Gasteiger partial charge in [0, 0.05) is 24.9 Å². The molecule has 6 nitrogen and oxygen atoms in total. The van der Waals surface area contributed by atoms with Gasteiger partial charge < -0.3 is 14.8 Å². The van der Waals surface area contributed by atoms with Gasteiger partial charge in [0.25, 0.3) is 0 Å². The number of hydrogen-bond acceptors (Lipinski definition) is 6. The molecule has 7 heteroatoms. The maximum atomic E-state index is 13.9. The number of fused-ring (bicyclic) bond motifs is 1. The molecule has 1 aliphatic heterocycles. The van der Waals surface area contributed by atoms with Gasteiger partial charge >= 0.3 is 0 Å². The summed E-state index contributed by atoms with van der Waals surface area (Å²) in [6, 6.07) is 5.64. The average molecular weight is 397 g/mol. The molecule has 0 atom stereocenters. The van der Waals surface area contributed by atoms with Crippen molar-refractivity contribution in [1.82, 2.24) is 9.97 Å². The zero-order valence-electron chi connectivity index (χ0n) is 16.6. The molecular formula is C22H24FN3O3. The van der Waals surface area contributed by atoms with E-state index in [1.807, 2.05) is 19.1 Å². The van der Waals surface area contributed by atoms with E-state index in [4.69, 9.17) is 9.47 Å². The highest BCUT2D eigenvalue weighted by Gasteiger charge is 2.28. The molecule has 1 aromatic carbocycles. The van der Waals surface area contributed by atoms with Crippen LogP contribution in [0.2, 0.25) is 0 Å². The number of ether oxygens (including phenoxy) is 2. The molecule has 1 N–H and O–H groups in total. The van der Waals surface area contributed by atoms with E-state index in [2.05, 4.69) is 15.3 Å². The van der Waals surface area contributed by atoms with Crippen LogP contribution in [0, 0.1) is 6.92 Å². The van der Waals surface area contributed by atoms with Crippen molar-refractivity contribution in [3.63, 3.8) is 0 Å². The van der Waals surface area contributed by atoms with Gasteiger partial charge in [-0.15, -0.1) is 0 Å². The van der Waals surface area contributed by atoms with Crippen LogP contribution in [0.1, 0.15) is 53.4 Å². The van der Waals surface area contributed by atoms with Gasteiger partial charge in [-0.1, -0.05) is 25.1 Å². The standard InChI is InChI=1S/C22H24FN3O3/c1-3-15(27)11-19-20(22-28-9-10-29-22)21(26-13(2)25-19)24-12-14-5-4-6-17-16(14)7-8-18(17)23/h4-6,8,22H,3,7,9-12H2,1-2H3,(H,24,25,26). The van der Waals surface area contributed by atoms with Crippen molar-refractivity contribution in [3.05, 3.63) is 58.0 Å².